The van der Waals surface area contributed by atoms with Crippen LogP contribution in [0.4, 0.5) is 0 Å². The summed E-state index contributed by atoms with van der Waals surface area (Å²) >= 11 is 6.62. The first-order valence-corrected chi connectivity index (χ1v) is 7.35. The molecule has 0 aliphatic heterocycles. The smallest absolute Gasteiger partial charge is 0.331 e. The fraction of sp³-hybridized carbons (Fsp3) is 0.444. The highest BCUT2D eigenvalue weighted by molar-refractivity contribution is 7.91. The van der Waals surface area contributed by atoms with Crippen molar-refractivity contribution in [3.05, 3.63) is 16.5 Å². The van der Waals surface area contributed by atoms with E-state index in [0.29, 0.717) is 0 Å². The number of rotatable bonds is 3. The van der Waals surface area contributed by atoms with Crippen LogP contribution in [0.5, 0.6) is 0 Å². The molecule has 17 heavy (non-hydrogen) atoms. The van der Waals surface area contributed by atoms with Gasteiger partial charge in [-0.3, -0.25) is 0 Å². The van der Waals surface area contributed by atoms with Crippen molar-refractivity contribution in [1.82, 2.24) is 4.89 Å². The molecule has 0 unspecified atom stereocenters. The average molecular weight is 298 g/mol. The third-order valence-corrected chi connectivity index (χ3v) is 4.89. The summed E-state index contributed by atoms with van der Waals surface area (Å²) in [5, 5.41) is 1.62. The van der Waals surface area contributed by atoms with Crippen LogP contribution in [0.1, 0.15) is 20.8 Å². The van der Waals surface area contributed by atoms with Crippen LogP contribution in [0.25, 0.3) is 0 Å². The Hall–Kier alpha value is -0.630. The Balaban J connectivity index is 2.77. The van der Waals surface area contributed by atoms with E-state index in [-0.39, 0.29) is 9.23 Å². The number of nitrogens with one attached hydrogen (secondary N) is 1. The molecule has 0 saturated heterocycles. The standard InChI is InChI=1S/C9H12ClNO4S2/c1-9(2,3)8(12)15-11-17(13,14)7-6(10)4-5-16-7/h4-5,11H,1-3H3. The number of hydrogen-bond donors (Lipinski definition) is 1. The van der Waals surface area contributed by atoms with Crippen molar-refractivity contribution >= 4 is 38.9 Å². The lowest BCUT2D eigenvalue weighted by atomic mass is 9.98. The van der Waals surface area contributed by atoms with Gasteiger partial charge >= 0.3 is 5.97 Å². The van der Waals surface area contributed by atoms with E-state index in [1.807, 2.05) is 0 Å². The fourth-order valence-corrected chi connectivity index (χ4v) is 3.20. The lowest BCUT2D eigenvalue weighted by molar-refractivity contribution is -0.156. The molecular weight excluding hydrogens is 286 g/mol. The molecule has 5 nitrogen and oxygen atoms in total. The van der Waals surface area contributed by atoms with Gasteiger partial charge in [0.05, 0.1) is 10.4 Å². The molecule has 0 aliphatic rings. The van der Waals surface area contributed by atoms with Crippen LogP contribution in [0.3, 0.4) is 0 Å². The maximum Gasteiger partial charge on any atom is 0.331 e. The molecule has 0 atom stereocenters. The van der Waals surface area contributed by atoms with Crippen LogP contribution in [-0.4, -0.2) is 14.4 Å². The second-order valence-corrected chi connectivity index (χ2v) is 7.45. The van der Waals surface area contributed by atoms with Crippen molar-refractivity contribution < 1.29 is 18.0 Å². The van der Waals surface area contributed by atoms with Gasteiger partial charge in [0.1, 0.15) is 0 Å². The van der Waals surface area contributed by atoms with E-state index in [1.165, 1.54) is 11.4 Å². The van der Waals surface area contributed by atoms with Crippen molar-refractivity contribution in [1.29, 1.82) is 0 Å². The molecule has 1 aromatic heterocycles. The minimum atomic E-state index is -3.91. The van der Waals surface area contributed by atoms with Gasteiger partial charge in [-0.2, -0.15) is 0 Å². The second-order valence-electron chi connectivity index (χ2n) is 4.28. The molecule has 1 rings (SSSR count). The highest BCUT2D eigenvalue weighted by Gasteiger charge is 2.27. The van der Waals surface area contributed by atoms with Gasteiger partial charge in [-0.05, 0) is 37.1 Å². The van der Waals surface area contributed by atoms with E-state index in [9.17, 15) is 13.2 Å². The maximum absolute atomic E-state index is 11.7. The van der Waals surface area contributed by atoms with Crippen LogP contribution < -0.4 is 4.89 Å². The van der Waals surface area contributed by atoms with Crippen LogP contribution in [0.15, 0.2) is 15.7 Å². The first-order chi connectivity index (χ1) is 7.64. The zero-order chi connectivity index (χ0) is 13.3. The van der Waals surface area contributed by atoms with Gasteiger partial charge in [0.15, 0.2) is 4.21 Å². The SMILES string of the molecule is CC(C)(C)C(=O)ONS(=O)(=O)c1sccc1Cl. The average Bonchev–Trinajstić information content (AvgIpc) is 2.60. The number of carbonyl (C=O) groups is 1. The highest BCUT2D eigenvalue weighted by atomic mass is 35.5. The maximum atomic E-state index is 11.7. The molecule has 0 fully saturated rings. The molecule has 0 aromatic carbocycles. The van der Waals surface area contributed by atoms with Crippen LogP contribution in [-0.2, 0) is 19.7 Å². The largest absolute Gasteiger partial charge is 0.355 e. The molecular formula is C9H12ClNO4S2. The molecule has 1 heterocycles. The number of sulfonamides is 1. The summed E-state index contributed by atoms with van der Waals surface area (Å²) in [5.74, 6) is -0.672. The number of thiophene rings is 1. The summed E-state index contributed by atoms with van der Waals surface area (Å²) in [7, 11) is -3.91. The van der Waals surface area contributed by atoms with E-state index in [1.54, 1.807) is 25.7 Å². The van der Waals surface area contributed by atoms with Gasteiger partial charge in [-0.1, -0.05) is 11.6 Å². The summed E-state index contributed by atoms with van der Waals surface area (Å²) < 4.78 is 23.3. The van der Waals surface area contributed by atoms with E-state index in [2.05, 4.69) is 4.84 Å². The van der Waals surface area contributed by atoms with Crippen molar-refractivity contribution in [3.63, 3.8) is 0 Å². The third kappa shape index (κ3) is 3.67. The fourth-order valence-electron chi connectivity index (χ4n) is 0.755. The number of carbonyl (C=O) groups excluding carboxylic acids is 1. The first kappa shape index (κ1) is 14.4. The Bertz CT molecular complexity index is 515. The molecule has 1 aromatic rings. The lowest BCUT2D eigenvalue weighted by Gasteiger charge is -2.15. The quantitative estimate of drug-likeness (QED) is 0.868. The molecule has 0 amide bonds. The molecule has 0 radical (unpaired) electrons. The van der Waals surface area contributed by atoms with E-state index >= 15 is 0 Å². The lowest BCUT2D eigenvalue weighted by Crippen LogP contribution is -2.33. The molecule has 8 heteroatoms. The molecule has 0 spiro atoms. The second kappa shape index (κ2) is 4.93. The van der Waals surface area contributed by atoms with Crippen molar-refractivity contribution in [2.24, 2.45) is 5.41 Å². The summed E-state index contributed by atoms with van der Waals surface area (Å²) in [6, 6.07) is 1.45. The summed E-state index contributed by atoms with van der Waals surface area (Å²) in [6.45, 7) is 4.84. The van der Waals surface area contributed by atoms with Gasteiger partial charge in [0.2, 0.25) is 0 Å². The topological polar surface area (TPSA) is 72.5 Å². The number of halogens is 1. The Morgan fingerprint density at radius 2 is 2.06 bits per heavy atom. The Morgan fingerprint density at radius 1 is 1.47 bits per heavy atom. The minimum absolute atomic E-state index is 0.0825. The Morgan fingerprint density at radius 3 is 2.47 bits per heavy atom. The molecule has 0 saturated carbocycles. The predicted molar refractivity (Wildman–Crippen MR) is 65.2 cm³/mol. The zero-order valence-corrected chi connectivity index (χ0v) is 11.9. The van der Waals surface area contributed by atoms with Crippen LogP contribution >= 0.6 is 22.9 Å². The third-order valence-electron chi connectivity index (χ3n) is 1.68. The highest BCUT2D eigenvalue weighted by Crippen LogP contribution is 2.27. The first-order valence-electron chi connectivity index (χ1n) is 4.60. The monoisotopic (exact) mass is 297 g/mol. The van der Waals surface area contributed by atoms with Crippen LogP contribution in [0, 0.1) is 5.41 Å². The minimum Gasteiger partial charge on any atom is -0.355 e. The Labute approximate surface area is 109 Å². The van der Waals surface area contributed by atoms with E-state index < -0.39 is 21.4 Å². The van der Waals surface area contributed by atoms with E-state index in [4.69, 9.17) is 11.6 Å². The Kier molecular flexibility index (Phi) is 4.19. The summed E-state index contributed by atoms with van der Waals surface area (Å²) in [4.78, 5) is 17.7. The summed E-state index contributed by atoms with van der Waals surface area (Å²) in [5.41, 5.74) is -0.790. The van der Waals surface area contributed by atoms with Crippen molar-refractivity contribution in [3.8, 4) is 0 Å². The normalized spacial score (nSPS) is 12.5. The zero-order valence-electron chi connectivity index (χ0n) is 9.48. The van der Waals surface area contributed by atoms with Gasteiger partial charge in [0, 0.05) is 0 Å². The van der Waals surface area contributed by atoms with Crippen molar-refractivity contribution in [2.75, 3.05) is 0 Å². The van der Waals surface area contributed by atoms with Gasteiger partial charge in [-0.15, -0.1) is 11.3 Å². The van der Waals surface area contributed by atoms with Gasteiger partial charge in [-0.25, -0.2) is 13.2 Å². The van der Waals surface area contributed by atoms with Gasteiger partial charge in [0.25, 0.3) is 10.0 Å². The molecule has 1 N–H and O–H groups in total. The molecule has 96 valence electrons. The van der Waals surface area contributed by atoms with E-state index in [0.717, 1.165) is 11.3 Å². The molecule has 0 aliphatic carbocycles. The summed E-state index contributed by atoms with van der Waals surface area (Å²) in [6.07, 6.45) is 0. The number of hydrogen-bond acceptors (Lipinski definition) is 5. The van der Waals surface area contributed by atoms with Gasteiger partial charge < -0.3 is 4.84 Å². The van der Waals surface area contributed by atoms with Crippen molar-refractivity contribution in [2.45, 2.75) is 25.0 Å². The van der Waals surface area contributed by atoms with Crippen LogP contribution in [0.2, 0.25) is 5.02 Å². The predicted octanol–water partition coefficient (Wildman–Crippen LogP) is 2.18. The molecule has 0 bridgehead atoms.